The fraction of sp³-hybridized carbons (Fsp3) is 0.492. The van der Waals surface area contributed by atoms with Gasteiger partial charge in [0.25, 0.3) is 17.7 Å². The Labute approximate surface area is 466 Å². The zero-order valence-corrected chi connectivity index (χ0v) is 48.3. The van der Waals surface area contributed by atoms with E-state index in [4.69, 9.17) is 5.73 Å². The first kappa shape index (κ1) is 64.5. The van der Waals surface area contributed by atoms with Gasteiger partial charge in [-0.2, -0.15) is 0 Å². The predicted octanol–water partition coefficient (Wildman–Crippen LogP) is 4.92. The molecule has 0 bridgehead atoms. The maximum absolute atomic E-state index is 14.4. The summed E-state index contributed by atoms with van der Waals surface area (Å²) < 4.78 is 29.0. The Morgan fingerprint density at radius 3 is 1.89 bits per heavy atom. The summed E-state index contributed by atoms with van der Waals surface area (Å²) in [5, 5.41) is 14.6. The molecule has 1 aliphatic heterocycles. The number of likely N-dealkylation sites (N-methyl/N-ethyl adjacent to an activating group) is 2. The Balaban J connectivity index is 1.39. The molecule has 5 atom stereocenters. The van der Waals surface area contributed by atoms with Gasteiger partial charge in [0.15, 0.2) is 0 Å². The number of nitrogens with zero attached hydrogens (tertiary/aromatic N) is 2. The van der Waals surface area contributed by atoms with Crippen LogP contribution in [-0.4, -0.2) is 123 Å². The van der Waals surface area contributed by atoms with E-state index in [0.717, 1.165) is 16.0 Å². The summed E-state index contributed by atoms with van der Waals surface area (Å²) in [6.07, 6.45) is 7.07. The van der Waals surface area contributed by atoms with Crippen LogP contribution in [0.5, 0.6) is 0 Å². The van der Waals surface area contributed by atoms with E-state index in [1.807, 2.05) is 109 Å². The number of hydrogen-bond acceptors (Lipinski definition) is 12. The van der Waals surface area contributed by atoms with Gasteiger partial charge >= 0.3 is 0 Å². The van der Waals surface area contributed by atoms with Crippen LogP contribution in [0.1, 0.15) is 117 Å². The lowest BCUT2D eigenvalue weighted by molar-refractivity contribution is -0.141. The molecule has 4 rings (SSSR count). The van der Waals surface area contributed by atoms with Crippen LogP contribution in [0.4, 0.5) is 5.69 Å². The molecule has 1 heterocycles. The molecule has 8 N–H and O–H groups in total. The van der Waals surface area contributed by atoms with E-state index in [2.05, 4.69) is 31.3 Å². The lowest BCUT2D eigenvalue weighted by Gasteiger charge is -2.40. The number of anilines is 1. The van der Waals surface area contributed by atoms with Gasteiger partial charge in [0.1, 0.15) is 18.1 Å². The lowest BCUT2D eigenvalue weighted by atomic mass is 9.76. The van der Waals surface area contributed by atoms with Crippen LogP contribution in [0.3, 0.4) is 0 Å². The molecule has 8 amide bonds. The molecule has 5 unspecified atom stereocenters. The normalized spacial score (nSPS) is 14.9. The third-order valence-corrected chi connectivity index (χ3v) is 15.2. The van der Waals surface area contributed by atoms with E-state index >= 15 is 0 Å². The van der Waals surface area contributed by atoms with E-state index in [-0.39, 0.29) is 60.9 Å². The van der Waals surface area contributed by atoms with Crippen LogP contribution in [0.25, 0.3) is 0 Å². The second kappa shape index (κ2) is 29.8. The Kier molecular flexibility index (Phi) is 24.3. The molecule has 0 saturated heterocycles. The van der Waals surface area contributed by atoms with Gasteiger partial charge in [0, 0.05) is 55.3 Å². The van der Waals surface area contributed by atoms with Gasteiger partial charge in [-0.05, 0) is 92.8 Å². The molecule has 19 nitrogen and oxygen atoms in total. The molecule has 20 heteroatoms. The number of sulfonamides is 1. The minimum absolute atomic E-state index is 0.0517. The Morgan fingerprint density at radius 2 is 1.32 bits per heavy atom. The highest BCUT2D eigenvalue weighted by Crippen LogP contribution is 2.29. The highest BCUT2D eigenvalue weighted by atomic mass is 32.2. The van der Waals surface area contributed by atoms with Gasteiger partial charge in [0.05, 0.1) is 17.8 Å². The maximum Gasteiger partial charge on any atom is 0.260 e. The summed E-state index contributed by atoms with van der Waals surface area (Å²) >= 11 is 0. The molecule has 0 saturated carbocycles. The molecular weight excluding hydrogens is 1030 g/mol. The SMILES string of the molecule is CNC(C(=O)NC(C(=O)N(C)C(/C=C(\C)C(=O)NS(=O)(=O)Cc1ccc(NC(=O)C(CCCCN)NC(=O)C(Cc2ccccc2)NC(=O)CCCCCN2C(=O)C=CC2=O)cc1)C(C)C)C(C)(C)C)C(C)(C)c1ccccc1. The fourth-order valence-electron chi connectivity index (χ4n) is 9.30. The molecule has 1 aliphatic rings. The van der Waals surface area contributed by atoms with Crippen LogP contribution in [0, 0.1) is 11.3 Å². The van der Waals surface area contributed by atoms with Crippen LogP contribution in [0.2, 0.25) is 0 Å². The number of imide groups is 1. The van der Waals surface area contributed by atoms with Crippen molar-refractivity contribution in [3.8, 4) is 0 Å². The van der Waals surface area contributed by atoms with E-state index in [0.29, 0.717) is 49.9 Å². The molecule has 0 radical (unpaired) electrons. The first-order chi connectivity index (χ1) is 37.2. The van der Waals surface area contributed by atoms with Crippen molar-refractivity contribution in [3.05, 3.63) is 125 Å². The minimum Gasteiger partial charge on any atom is -0.344 e. The van der Waals surface area contributed by atoms with Crippen molar-refractivity contribution in [1.82, 2.24) is 35.8 Å². The zero-order chi connectivity index (χ0) is 58.7. The molecule has 79 heavy (non-hydrogen) atoms. The van der Waals surface area contributed by atoms with Gasteiger partial charge in [0.2, 0.25) is 39.6 Å². The molecule has 3 aromatic rings. The van der Waals surface area contributed by atoms with Gasteiger partial charge < -0.3 is 37.2 Å². The first-order valence-corrected chi connectivity index (χ1v) is 28.6. The number of hydrogen-bond donors (Lipinski definition) is 7. The van der Waals surface area contributed by atoms with Crippen molar-refractivity contribution in [1.29, 1.82) is 0 Å². The second-order valence-electron chi connectivity index (χ2n) is 22.2. The van der Waals surface area contributed by atoms with Crippen molar-refractivity contribution in [3.63, 3.8) is 0 Å². The van der Waals surface area contributed by atoms with E-state index in [1.165, 1.54) is 48.2 Å². The van der Waals surface area contributed by atoms with Crippen LogP contribution in [0.15, 0.2) is 109 Å². The Bertz CT molecular complexity index is 2740. The van der Waals surface area contributed by atoms with Gasteiger partial charge in [-0.1, -0.05) is 134 Å². The number of amides is 8. The molecule has 0 fully saturated rings. The summed E-state index contributed by atoms with van der Waals surface area (Å²) in [5.41, 5.74) is 6.77. The van der Waals surface area contributed by atoms with Crippen molar-refractivity contribution >= 4 is 63.0 Å². The lowest BCUT2D eigenvalue weighted by Crippen LogP contribution is -2.61. The number of carbonyl (C=O) groups excluding carboxylic acids is 8. The third kappa shape index (κ3) is 19.7. The van der Waals surface area contributed by atoms with Gasteiger partial charge in [-0.25, -0.2) is 13.1 Å². The van der Waals surface area contributed by atoms with E-state index < -0.39 is 80.4 Å². The zero-order valence-electron chi connectivity index (χ0n) is 47.5. The molecule has 430 valence electrons. The fourth-order valence-corrected chi connectivity index (χ4v) is 10.4. The van der Waals surface area contributed by atoms with Crippen LogP contribution in [-0.2, 0) is 66.0 Å². The molecule has 0 spiro atoms. The number of carbonyl (C=O) groups is 8. The summed E-state index contributed by atoms with van der Waals surface area (Å²) in [6, 6.07) is 20.3. The summed E-state index contributed by atoms with van der Waals surface area (Å²) in [7, 11) is -0.976. The average Bonchev–Trinajstić information content (AvgIpc) is 3.72. The van der Waals surface area contributed by atoms with Gasteiger partial charge in [-0.3, -0.25) is 43.3 Å². The number of rotatable bonds is 30. The smallest absolute Gasteiger partial charge is 0.260 e. The van der Waals surface area contributed by atoms with E-state index in [1.54, 1.807) is 20.2 Å². The van der Waals surface area contributed by atoms with Crippen molar-refractivity contribution in [2.75, 3.05) is 32.5 Å². The average molecular weight is 1110 g/mol. The standard InChI is InChI=1S/C59H83N9O10S/c1-39(2)47(67(10)57(76)52(58(4,5)6)65-56(75)51(61-9)59(7,8)43-24-16-12-17-25-43)36-40(3)53(72)66-79(77,78)38-42-28-30-44(31-29-42)62-54(73)45(26-19-20-34-60)64-55(74)46(37-41-22-14-11-15-23-41)63-48(69)27-18-13-21-35-68-49(70)32-33-50(68)71/h11-12,14-17,22-25,28-33,36,39,45-47,51-52,61H,13,18-21,26-27,34-35,37-38,60H2,1-10H3,(H,62,73)(H,63,69)(H,64,74)(H,65,75)(H,66,72)/b40-36+. The third-order valence-electron chi connectivity index (χ3n) is 14.0. The highest BCUT2D eigenvalue weighted by molar-refractivity contribution is 7.89. The number of nitrogens with two attached hydrogens (primary N) is 1. The monoisotopic (exact) mass is 1110 g/mol. The first-order valence-electron chi connectivity index (χ1n) is 27.0. The van der Waals surface area contributed by atoms with Crippen LogP contribution < -0.4 is 37.0 Å². The molecule has 0 aliphatic carbocycles. The van der Waals surface area contributed by atoms with Crippen LogP contribution >= 0.6 is 0 Å². The molecule has 3 aromatic carbocycles. The number of unbranched alkanes of at least 4 members (excludes halogenated alkanes) is 3. The summed E-state index contributed by atoms with van der Waals surface area (Å²) in [6.45, 7) is 15.3. The summed E-state index contributed by atoms with van der Waals surface area (Å²) in [5.74, 6) is -4.68. The van der Waals surface area contributed by atoms with E-state index in [9.17, 15) is 46.8 Å². The quantitative estimate of drug-likeness (QED) is 0.0266. The molecular formula is C59H83N9O10S. The molecule has 0 aromatic heterocycles. The van der Waals surface area contributed by atoms with Crippen molar-refractivity contribution in [2.24, 2.45) is 17.1 Å². The summed E-state index contributed by atoms with van der Waals surface area (Å²) in [4.78, 5) is 109. The topological polar surface area (TPSA) is 275 Å². The predicted molar refractivity (Wildman–Crippen MR) is 306 cm³/mol. The van der Waals surface area contributed by atoms with Gasteiger partial charge in [-0.15, -0.1) is 0 Å². The largest absolute Gasteiger partial charge is 0.344 e. The second-order valence-corrected chi connectivity index (χ2v) is 23.9. The Hall–Kier alpha value is -7.03. The van der Waals surface area contributed by atoms with Crippen molar-refractivity contribution < 1.29 is 46.8 Å². The Morgan fingerprint density at radius 1 is 0.709 bits per heavy atom. The highest BCUT2D eigenvalue weighted by Gasteiger charge is 2.42. The number of benzene rings is 3. The minimum atomic E-state index is -4.27. The maximum atomic E-state index is 14.4. The number of nitrogens with one attached hydrogen (secondary N) is 6. The van der Waals surface area contributed by atoms with Crippen molar-refractivity contribution in [2.45, 2.75) is 148 Å².